The van der Waals surface area contributed by atoms with Crippen LogP contribution < -0.4 is 10.6 Å². The molecule has 0 atom stereocenters. The van der Waals surface area contributed by atoms with Gasteiger partial charge in [0.25, 0.3) is 0 Å². The summed E-state index contributed by atoms with van der Waals surface area (Å²) in [7, 11) is 0. The number of hydrogen-bond donors (Lipinski definition) is 1. The second-order valence-corrected chi connectivity index (χ2v) is 4.57. The maximum Gasteiger partial charge on any atom is 0.411 e. The third kappa shape index (κ3) is 6.14. The molecule has 0 aliphatic carbocycles. The zero-order chi connectivity index (χ0) is 15.0. The lowest BCUT2D eigenvalue weighted by Crippen LogP contribution is -2.27. The van der Waals surface area contributed by atoms with E-state index in [0.717, 1.165) is 18.7 Å². The molecule has 0 saturated heterocycles. The summed E-state index contributed by atoms with van der Waals surface area (Å²) in [5, 5.41) is 0. The van der Waals surface area contributed by atoms with Crippen molar-refractivity contribution in [2.45, 2.75) is 25.9 Å². The molecule has 0 heterocycles. The Morgan fingerprint density at radius 3 is 2.50 bits per heavy atom. The van der Waals surface area contributed by atoms with E-state index in [1.54, 1.807) is 0 Å². The minimum Gasteiger partial charge on any atom is -0.397 e. The Balaban J connectivity index is 2.42. The highest BCUT2D eigenvalue weighted by atomic mass is 19.4. The lowest BCUT2D eigenvalue weighted by atomic mass is 10.2. The van der Waals surface area contributed by atoms with Crippen molar-refractivity contribution < 1.29 is 17.9 Å². The summed E-state index contributed by atoms with van der Waals surface area (Å²) in [4.78, 5) is 2.08. The van der Waals surface area contributed by atoms with Gasteiger partial charge in [-0.15, -0.1) is 0 Å². The van der Waals surface area contributed by atoms with Crippen molar-refractivity contribution in [2.75, 3.05) is 36.9 Å². The zero-order valence-corrected chi connectivity index (χ0v) is 11.6. The Morgan fingerprint density at radius 1 is 1.20 bits per heavy atom. The van der Waals surface area contributed by atoms with Crippen molar-refractivity contribution >= 4 is 11.4 Å². The standard InChI is InChI=1S/C14H21F3N2O/c1-2-8-19(13-7-4-3-6-12(13)18)9-5-10-20-11-14(15,16)17/h3-4,6-7H,2,5,8-11,18H2,1H3. The highest BCUT2D eigenvalue weighted by Gasteiger charge is 2.27. The van der Waals surface area contributed by atoms with Gasteiger partial charge in [-0.1, -0.05) is 19.1 Å². The first-order valence-electron chi connectivity index (χ1n) is 6.68. The van der Waals surface area contributed by atoms with Gasteiger partial charge in [0.15, 0.2) is 0 Å². The molecule has 0 unspecified atom stereocenters. The molecule has 3 nitrogen and oxygen atoms in total. The van der Waals surface area contributed by atoms with Crippen LogP contribution in [0.2, 0.25) is 0 Å². The van der Waals surface area contributed by atoms with Gasteiger partial charge in [0.1, 0.15) is 6.61 Å². The molecular formula is C14H21F3N2O. The molecule has 0 radical (unpaired) electrons. The molecule has 1 aromatic rings. The second-order valence-electron chi connectivity index (χ2n) is 4.57. The predicted molar refractivity (Wildman–Crippen MR) is 74.8 cm³/mol. The van der Waals surface area contributed by atoms with Crippen LogP contribution in [0.1, 0.15) is 19.8 Å². The van der Waals surface area contributed by atoms with Crippen LogP contribution in [-0.4, -0.2) is 32.5 Å². The highest BCUT2D eigenvalue weighted by Crippen LogP contribution is 2.23. The Labute approximate surface area is 117 Å². The molecule has 0 saturated carbocycles. The van der Waals surface area contributed by atoms with Crippen LogP contribution in [0.4, 0.5) is 24.5 Å². The average Bonchev–Trinajstić information content (AvgIpc) is 2.36. The average molecular weight is 290 g/mol. The molecule has 114 valence electrons. The summed E-state index contributed by atoms with van der Waals surface area (Å²) in [5.41, 5.74) is 7.52. The van der Waals surface area contributed by atoms with E-state index in [1.807, 2.05) is 31.2 Å². The molecule has 2 N–H and O–H groups in total. The first kappa shape index (κ1) is 16.6. The van der Waals surface area contributed by atoms with Crippen LogP contribution in [0.15, 0.2) is 24.3 Å². The fraction of sp³-hybridized carbons (Fsp3) is 0.571. The molecule has 0 aliphatic heterocycles. The Bertz CT molecular complexity index is 396. The van der Waals surface area contributed by atoms with Crippen molar-refractivity contribution in [3.05, 3.63) is 24.3 Å². The number of hydrogen-bond acceptors (Lipinski definition) is 3. The molecule has 0 aliphatic rings. The van der Waals surface area contributed by atoms with Gasteiger partial charge in [-0.2, -0.15) is 13.2 Å². The van der Waals surface area contributed by atoms with Crippen LogP contribution in [0, 0.1) is 0 Å². The van der Waals surface area contributed by atoms with Crippen LogP contribution in [0.25, 0.3) is 0 Å². The molecule has 20 heavy (non-hydrogen) atoms. The Kier molecular flexibility index (Phi) is 6.64. The summed E-state index contributed by atoms with van der Waals surface area (Å²) in [6, 6.07) is 7.49. The molecule has 0 fully saturated rings. The van der Waals surface area contributed by atoms with E-state index in [0.29, 0.717) is 18.7 Å². The van der Waals surface area contributed by atoms with Crippen molar-refractivity contribution in [1.29, 1.82) is 0 Å². The van der Waals surface area contributed by atoms with Gasteiger partial charge in [-0.05, 0) is 25.0 Å². The molecule has 6 heteroatoms. The number of anilines is 2. The molecule has 0 spiro atoms. The summed E-state index contributed by atoms with van der Waals surface area (Å²) in [6.45, 7) is 2.39. The molecule has 0 aromatic heterocycles. The van der Waals surface area contributed by atoms with Gasteiger partial charge in [-0.3, -0.25) is 0 Å². The van der Waals surface area contributed by atoms with Crippen LogP contribution in [0.5, 0.6) is 0 Å². The van der Waals surface area contributed by atoms with Crippen molar-refractivity contribution in [3.8, 4) is 0 Å². The first-order valence-corrected chi connectivity index (χ1v) is 6.68. The largest absolute Gasteiger partial charge is 0.411 e. The molecule has 1 rings (SSSR count). The number of nitrogen functional groups attached to an aromatic ring is 1. The van der Waals surface area contributed by atoms with Crippen molar-refractivity contribution in [2.24, 2.45) is 0 Å². The number of benzene rings is 1. The summed E-state index contributed by atoms with van der Waals surface area (Å²) in [5.74, 6) is 0. The number of rotatable bonds is 8. The second kappa shape index (κ2) is 7.99. The normalized spacial score (nSPS) is 11.6. The smallest absolute Gasteiger partial charge is 0.397 e. The summed E-state index contributed by atoms with van der Waals surface area (Å²) < 4.78 is 40.4. The van der Waals surface area contributed by atoms with Gasteiger partial charge in [0.05, 0.1) is 11.4 Å². The third-order valence-corrected chi connectivity index (χ3v) is 2.75. The quantitative estimate of drug-likeness (QED) is 0.588. The maximum atomic E-state index is 11.9. The van der Waals surface area contributed by atoms with Crippen molar-refractivity contribution in [3.63, 3.8) is 0 Å². The predicted octanol–water partition coefficient (Wildman–Crippen LogP) is 3.45. The third-order valence-electron chi connectivity index (χ3n) is 2.75. The number of para-hydroxylation sites is 2. The number of halogens is 3. The number of alkyl halides is 3. The van der Waals surface area contributed by atoms with E-state index >= 15 is 0 Å². The fourth-order valence-electron chi connectivity index (χ4n) is 1.94. The summed E-state index contributed by atoms with van der Waals surface area (Å²) >= 11 is 0. The van der Waals surface area contributed by atoms with E-state index in [1.165, 1.54) is 0 Å². The van der Waals surface area contributed by atoms with Gasteiger partial charge < -0.3 is 15.4 Å². The maximum absolute atomic E-state index is 11.9. The summed E-state index contributed by atoms with van der Waals surface area (Å²) in [6.07, 6.45) is -2.78. The van der Waals surface area contributed by atoms with E-state index in [-0.39, 0.29) is 6.61 Å². The molecular weight excluding hydrogens is 269 g/mol. The number of ether oxygens (including phenoxy) is 1. The topological polar surface area (TPSA) is 38.5 Å². The Morgan fingerprint density at radius 2 is 1.90 bits per heavy atom. The highest BCUT2D eigenvalue weighted by molar-refractivity contribution is 5.67. The number of nitrogens with zero attached hydrogens (tertiary/aromatic N) is 1. The molecule has 0 bridgehead atoms. The van der Waals surface area contributed by atoms with Crippen molar-refractivity contribution in [1.82, 2.24) is 0 Å². The minimum absolute atomic E-state index is 0.0897. The van der Waals surface area contributed by atoms with Gasteiger partial charge in [-0.25, -0.2) is 0 Å². The number of nitrogens with two attached hydrogens (primary N) is 1. The monoisotopic (exact) mass is 290 g/mol. The molecule has 0 amide bonds. The zero-order valence-electron chi connectivity index (χ0n) is 11.6. The van der Waals surface area contributed by atoms with E-state index in [2.05, 4.69) is 9.64 Å². The van der Waals surface area contributed by atoms with E-state index in [9.17, 15) is 13.2 Å². The molecule has 1 aromatic carbocycles. The first-order chi connectivity index (χ1) is 9.44. The fourth-order valence-corrected chi connectivity index (χ4v) is 1.94. The lowest BCUT2D eigenvalue weighted by Gasteiger charge is -2.25. The van der Waals surface area contributed by atoms with Crippen LogP contribution in [0.3, 0.4) is 0 Å². The van der Waals surface area contributed by atoms with Crippen LogP contribution in [-0.2, 0) is 4.74 Å². The minimum atomic E-state index is -4.26. The van der Waals surface area contributed by atoms with E-state index in [4.69, 9.17) is 5.73 Å². The Hall–Kier alpha value is -1.43. The van der Waals surface area contributed by atoms with Gasteiger partial charge >= 0.3 is 6.18 Å². The van der Waals surface area contributed by atoms with Crippen LogP contribution >= 0.6 is 0 Å². The lowest BCUT2D eigenvalue weighted by molar-refractivity contribution is -0.173. The SMILES string of the molecule is CCCN(CCCOCC(F)(F)F)c1ccccc1N. The van der Waals surface area contributed by atoms with Gasteiger partial charge in [0, 0.05) is 19.7 Å². The van der Waals surface area contributed by atoms with E-state index < -0.39 is 12.8 Å². The van der Waals surface area contributed by atoms with Gasteiger partial charge in [0.2, 0.25) is 0 Å².